The minimum absolute atomic E-state index is 0.280. The van der Waals surface area contributed by atoms with Crippen LogP contribution in [0.3, 0.4) is 0 Å². The van der Waals surface area contributed by atoms with Gasteiger partial charge in [-0.15, -0.1) is 11.3 Å². The molecule has 0 fully saturated rings. The van der Waals surface area contributed by atoms with Crippen LogP contribution < -0.4 is 16.8 Å². The highest BCUT2D eigenvalue weighted by Gasteiger charge is 2.13. The van der Waals surface area contributed by atoms with E-state index in [0.29, 0.717) is 29.5 Å². The first kappa shape index (κ1) is 22.8. The number of nitrogens with one attached hydrogen (secondary N) is 1. The van der Waals surface area contributed by atoms with E-state index in [4.69, 9.17) is 23.1 Å². The Morgan fingerprint density at radius 2 is 2.03 bits per heavy atom. The van der Waals surface area contributed by atoms with Crippen molar-refractivity contribution in [1.29, 1.82) is 0 Å². The van der Waals surface area contributed by atoms with Gasteiger partial charge in [-0.25, -0.2) is 4.98 Å². The number of anilines is 1. The third-order valence-corrected chi connectivity index (χ3v) is 6.91. The lowest BCUT2D eigenvalue weighted by atomic mass is 9.96. The van der Waals surface area contributed by atoms with Crippen molar-refractivity contribution in [3.8, 4) is 0 Å². The number of benzene rings is 2. The summed E-state index contributed by atoms with van der Waals surface area (Å²) in [4.78, 5) is 22.4. The van der Waals surface area contributed by atoms with Crippen molar-refractivity contribution >= 4 is 61.7 Å². The fraction of sp³-hybridized carbons (Fsp3) is 0.160. The number of rotatable bonds is 6. The van der Waals surface area contributed by atoms with Crippen molar-refractivity contribution in [2.45, 2.75) is 26.9 Å². The van der Waals surface area contributed by atoms with Crippen molar-refractivity contribution < 1.29 is 4.79 Å². The summed E-state index contributed by atoms with van der Waals surface area (Å²) in [7, 11) is 0. The number of aromatic nitrogens is 1. The molecule has 2 aromatic heterocycles. The maximum Gasteiger partial charge on any atom is 0.254 e. The van der Waals surface area contributed by atoms with Crippen LogP contribution in [0.4, 0.5) is 5.82 Å². The topological polar surface area (TPSA) is 106 Å². The molecule has 0 aliphatic rings. The van der Waals surface area contributed by atoms with Crippen LogP contribution in [0, 0.1) is 13.8 Å². The summed E-state index contributed by atoms with van der Waals surface area (Å²) in [5, 5.41) is 6.73. The summed E-state index contributed by atoms with van der Waals surface area (Å²) in [6, 6.07) is 11.8. The van der Waals surface area contributed by atoms with Crippen molar-refractivity contribution in [1.82, 2.24) is 10.3 Å². The Morgan fingerprint density at radius 1 is 1.21 bits per heavy atom. The number of carbonyl (C=O) groups excluding carboxylic acids is 1. The second-order valence-electron chi connectivity index (χ2n) is 7.76. The molecule has 4 aromatic rings. The van der Waals surface area contributed by atoms with E-state index >= 15 is 0 Å². The van der Waals surface area contributed by atoms with Gasteiger partial charge in [-0.1, -0.05) is 17.7 Å². The number of nitrogens with zero attached hydrogens (tertiary/aromatic N) is 2. The normalized spacial score (nSPS) is 12.2. The lowest BCUT2D eigenvalue weighted by molar-refractivity contribution is -0.117. The molecule has 5 N–H and O–H groups in total. The van der Waals surface area contributed by atoms with Gasteiger partial charge in [0.05, 0.1) is 12.1 Å². The van der Waals surface area contributed by atoms with Gasteiger partial charge in [-0.2, -0.15) is 0 Å². The maximum atomic E-state index is 12.7. The summed E-state index contributed by atoms with van der Waals surface area (Å²) < 4.78 is 1.11. The van der Waals surface area contributed by atoms with E-state index in [1.54, 1.807) is 17.5 Å². The van der Waals surface area contributed by atoms with Crippen LogP contribution in [0.5, 0.6) is 0 Å². The molecule has 6 nitrogen and oxygen atoms in total. The van der Waals surface area contributed by atoms with Crippen molar-refractivity contribution in [3.63, 3.8) is 0 Å². The minimum atomic E-state index is -0.280. The second-order valence-corrected chi connectivity index (χ2v) is 9.36. The number of thiophene rings is 1. The van der Waals surface area contributed by atoms with Gasteiger partial charge in [0.15, 0.2) is 0 Å². The van der Waals surface area contributed by atoms with Gasteiger partial charge >= 0.3 is 0 Å². The molecule has 0 aliphatic carbocycles. The molecule has 168 valence electrons. The van der Waals surface area contributed by atoms with Crippen LogP contribution in [0.1, 0.15) is 21.6 Å². The van der Waals surface area contributed by atoms with Crippen LogP contribution in [0.25, 0.3) is 20.9 Å². The number of fused-ring (bicyclic) bond motifs is 2. The highest BCUT2D eigenvalue weighted by atomic mass is 35.5. The number of aliphatic imine (C=N–C) groups is 1. The highest BCUT2D eigenvalue weighted by Crippen LogP contribution is 2.29. The van der Waals surface area contributed by atoms with E-state index in [2.05, 4.69) is 21.4 Å². The number of nitrogens with two attached hydrogens (primary N) is 2. The fourth-order valence-electron chi connectivity index (χ4n) is 3.82. The van der Waals surface area contributed by atoms with Gasteiger partial charge in [0, 0.05) is 45.1 Å². The van der Waals surface area contributed by atoms with Gasteiger partial charge in [0.25, 0.3) is 5.91 Å². The second kappa shape index (κ2) is 9.60. The SMILES string of the molecule is Cc1cc2c(N)nccc2c(C)c1CNC(=O)/C(C=NCc1cc2ccc(Cl)cc2s1)=C/N. The predicted molar refractivity (Wildman–Crippen MR) is 139 cm³/mol. The first-order valence-corrected chi connectivity index (χ1v) is 11.6. The maximum absolute atomic E-state index is 12.7. The third-order valence-electron chi connectivity index (χ3n) is 5.59. The summed E-state index contributed by atoms with van der Waals surface area (Å²) in [6.45, 7) is 4.85. The molecule has 2 aromatic carbocycles. The molecule has 0 saturated carbocycles. The van der Waals surface area contributed by atoms with E-state index < -0.39 is 0 Å². The van der Waals surface area contributed by atoms with Crippen LogP contribution in [0.2, 0.25) is 5.02 Å². The van der Waals surface area contributed by atoms with E-state index in [9.17, 15) is 4.79 Å². The number of aryl methyl sites for hydroxylation is 2. The first-order valence-electron chi connectivity index (χ1n) is 10.4. The van der Waals surface area contributed by atoms with Crippen LogP contribution in [0.15, 0.2) is 59.4 Å². The van der Waals surface area contributed by atoms with Crippen LogP contribution in [-0.4, -0.2) is 17.1 Å². The van der Waals surface area contributed by atoms with E-state index in [-0.39, 0.29) is 5.91 Å². The fourth-order valence-corrected chi connectivity index (χ4v) is 5.10. The first-order chi connectivity index (χ1) is 15.9. The number of hydrogen-bond acceptors (Lipinski definition) is 6. The molecular formula is C25H24ClN5OS. The zero-order valence-corrected chi connectivity index (χ0v) is 19.9. The number of hydrogen-bond donors (Lipinski definition) is 3. The smallest absolute Gasteiger partial charge is 0.254 e. The van der Waals surface area contributed by atoms with E-state index in [0.717, 1.165) is 42.4 Å². The average Bonchev–Trinajstić information content (AvgIpc) is 3.19. The van der Waals surface area contributed by atoms with Crippen LogP contribution in [-0.2, 0) is 17.9 Å². The molecule has 0 spiro atoms. The largest absolute Gasteiger partial charge is 0.404 e. The summed E-state index contributed by atoms with van der Waals surface area (Å²) in [6.07, 6.45) is 4.48. The Balaban J connectivity index is 1.44. The number of pyridine rings is 1. The predicted octanol–water partition coefficient (Wildman–Crippen LogP) is 5.03. The van der Waals surface area contributed by atoms with Crippen molar-refractivity contribution in [2.75, 3.05) is 5.73 Å². The number of carbonyl (C=O) groups is 1. The lowest BCUT2D eigenvalue weighted by Gasteiger charge is -2.15. The molecule has 0 saturated heterocycles. The van der Waals surface area contributed by atoms with Crippen molar-refractivity contribution in [3.05, 3.63) is 81.0 Å². The molecule has 33 heavy (non-hydrogen) atoms. The van der Waals surface area contributed by atoms with Gasteiger partial charge < -0.3 is 16.8 Å². The summed E-state index contributed by atoms with van der Waals surface area (Å²) >= 11 is 7.69. The third kappa shape index (κ3) is 4.84. The Bertz CT molecular complexity index is 1420. The van der Waals surface area contributed by atoms with Gasteiger partial charge in [0.1, 0.15) is 5.82 Å². The van der Waals surface area contributed by atoms with E-state index in [1.165, 1.54) is 12.4 Å². The monoisotopic (exact) mass is 477 g/mol. The van der Waals surface area contributed by atoms with Gasteiger partial charge in [-0.05, 0) is 71.6 Å². The quantitative estimate of drug-likeness (QED) is 0.267. The zero-order valence-electron chi connectivity index (χ0n) is 18.4. The molecule has 1 amide bonds. The minimum Gasteiger partial charge on any atom is -0.404 e. The molecule has 0 atom stereocenters. The zero-order chi connectivity index (χ0) is 23.5. The standard InChI is InChI=1S/C25H24ClN5OS/c1-14-7-21-20(5-6-30-24(21)28)15(2)22(14)13-31-25(32)17(10-27)11-29-12-19-8-16-3-4-18(26)9-23(16)33-19/h3-11H,12-13,27H2,1-2H3,(H2,28,30)(H,31,32)/b17-10+,29-11?. The Labute approximate surface area is 201 Å². The molecule has 0 radical (unpaired) electrons. The molecular weight excluding hydrogens is 454 g/mol. The lowest BCUT2D eigenvalue weighted by Crippen LogP contribution is -2.26. The number of nitrogen functional groups attached to an aromatic ring is 1. The Kier molecular flexibility index (Phi) is 6.62. The molecule has 0 unspecified atom stereocenters. The number of amides is 1. The molecule has 8 heteroatoms. The Hall–Kier alpha value is -3.42. The molecule has 0 bridgehead atoms. The Morgan fingerprint density at radius 3 is 2.82 bits per heavy atom. The summed E-state index contributed by atoms with van der Waals surface area (Å²) in [5.74, 6) is 0.220. The molecule has 0 aliphatic heterocycles. The molecule has 2 heterocycles. The highest BCUT2D eigenvalue weighted by molar-refractivity contribution is 7.19. The average molecular weight is 478 g/mol. The van der Waals surface area contributed by atoms with Gasteiger partial charge in [0.2, 0.25) is 0 Å². The van der Waals surface area contributed by atoms with Gasteiger partial charge in [-0.3, -0.25) is 9.79 Å². The molecule has 4 rings (SSSR count). The van der Waals surface area contributed by atoms with Crippen molar-refractivity contribution in [2.24, 2.45) is 10.7 Å². The van der Waals surface area contributed by atoms with E-state index in [1.807, 2.05) is 44.2 Å². The van der Waals surface area contributed by atoms with Crippen LogP contribution >= 0.6 is 22.9 Å². The summed E-state index contributed by atoms with van der Waals surface area (Å²) in [5.41, 5.74) is 15.2. The number of halogens is 1.